The number of piperidine rings is 1. The van der Waals surface area contributed by atoms with Crippen LogP contribution in [0.2, 0.25) is 0 Å². The van der Waals surface area contributed by atoms with Crippen molar-refractivity contribution in [1.82, 2.24) is 35.3 Å². The van der Waals surface area contributed by atoms with Crippen LogP contribution in [0.4, 0.5) is 0 Å². The zero-order valence-electron chi connectivity index (χ0n) is 11.3. The minimum atomic E-state index is -0.287. The molecule has 2 aromatic rings. The summed E-state index contributed by atoms with van der Waals surface area (Å²) in [6, 6.07) is 1.90. The van der Waals surface area contributed by atoms with Crippen LogP contribution in [-0.4, -0.2) is 64.5 Å². The largest absolute Gasteiger partial charge is 0.393 e. The second kappa shape index (κ2) is 4.62. The summed E-state index contributed by atoms with van der Waals surface area (Å²) in [4.78, 5) is 14.6. The van der Waals surface area contributed by atoms with Crippen molar-refractivity contribution in [2.24, 2.45) is 0 Å². The lowest BCUT2D eigenvalue weighted by Crippen LogP contribution is -2.48. The van der Waals surface area contributed by atoms with Gasteiger partial charge in [0, 0.05) is 18.2 Å². The first-order valence-electron chi connectivity index (χ1n) is 7.02. The predicted molar refractivity (Wildman–Crippen MR) is 69.5 cm³/mol. The molecule has 2 saturated heterocycles. The van der Waals surface area contributed by atoms with Gasteiger partial charge in [0.05, 0.1) is 6.10 Å². The first-order chi connectivity index (χ1) is 10.2. The van der Waals surface area contributed by atoms with Crippen LogP contribution in [0.3, 0.4) is 0 Å². The van der Waals surface area contributed by atoms with Gasteiger partial charge in [0.25, 0.3) is 5.91 Å². The molecule has 110 valence electrons. The molecule has 1 unspecified atom stereocenters. The van der Waals surface area contributed by atoms with Crippen molar-refractivity contribution in [2.75, 3.05) is 0 Å². The Morgan fingerprint density at radius 1 is 1.33 bits per heavy atom. The molecule has 4 rings (SSSR count). The maximum absolute atomic E-state index is 12.7. The van der Waals surface area contributed by atoms with E-state index in [4.69, 9.17) is 0 Å². The summed E-state index contributed by atoms with van der Waals surface area (Å²) in [5.41, 5.74) is 0.425. The minimum absolute atomic E-state index is 0.0683. The molecule has 2 N–H and O–H groups in total. The highest BCUT2D eigenvalue weighted by atomic mass is 16.3. The van der Waals surface area contributed by atoms with Crippen LogP contribution >= 0.6 is 0 Å². The number of aliphatic hydroxyl groups excluding tert-OH is 1. The highest BCUT2D eigenvalue weighted by molar-refractivity contribution is 5.93. The molecule has 4 heterocycles. The minimum Gasteiger partial charge on any atom is -0.393 e. The van der Waals surface area contributed by atoms with Crippen molar-refractivity contribution in [2.45, 2.75) is 43.9 Å². The maximum Gasteiger partial charge on any atom is 0.272 e. The van der Waals surface area contributed by atoms with Gasteiger partial charge < -0.3 is 10.0 Å². The summed E-state index contributed by atoms with van der Waals surface area (Å²) in [7, 11) is 0. The van der Waals surface area contributed by atoms with Gasteiger partial charge in [0.15, 0.2) is 5.82 Å². The second-order valence-electron chi connectivity index (χ2n) is 5.62. The number of aromatic amines is 1. The molecule has 9 heteroatoms. The van der Waals surface area contributed by atoms with E-state index in [1.54, 1.807) is 6.07 Å². The van der Waals surface area contributed by atoms with Crippen LogP contribution in [0.5, 0.6) is 0 Å². The van der Waals surface area contributed by atoms with Crippen molar-refractivity contribution < 1.29 is 9.90 Å². The molecule has 2 bridgehead atoms. The van der Waals surface area contributed by atoms with Crippen LogP contribution in [-0.2, 0) is 0 Å². The third kappa shape index (κ3) is 2.00. The van der Waals surface area contributed by atoms with Gasteiger partial charge in [-0.2, -0.15) is 9.78 Å². The lowest BCUT2D eigenvalue weighted by atomic mass is 9.99. The molecule has 0 spiro atoms. The zero-order chi connectivity index (χ0) is 14.4. The Morgan fingerprint density at radius 3 is 2.76 bits per heavy atom. The van der Waals surface area contributed by atoms with Crippen molar-refractivity contribution in [3.8, 4) is 5.82 Å². The predicted octanol–water partition coefficient (Wildman–Crippen LogP) is -0.487. The number of hydrogen-bond acceptors (Lipinski definition) is 6. The van der Waals surface area contributed by atoms with Crippen LogP contribution in [0.15, 0.2) is 12.4 Å². The number of hydrogen-bond donors (Lipinski definition) is 2. The fourth-order valence-corrected chi connectivity index (χ4v) is 3.42. The van der Waals surface area contributed by atoms with Crippen molar-refractivity contribution in [3.05, 3.63) is 18.1 Å². The summed E-state index contributed by atoms with van der Waals surface area (Å²) in [5, 5.41) is 27.4. The summed E-state index contributed by atoms with van der Waals surface area (Å²) < 4.78 is 1.39. The van der Waals surface area contributed by atoms with E-state index in [2.05, 4.69) is 25.7 Å². The van der Waals surface area contributed by atoms with Gasteiger partial charge in [-0.15, -0.1) is 5.10 Å². The molecule has 2 fully saturated rings. The number of carbonyl (C=O) groups excluding carboxylic acids is 1. The Balaban J connectivity index is 1.58. The summed E-state index contributed by atoms with van der Waals surface area (Å²) >= 11 is 0. The number of fused-ring (bicyclic) bond motifs is 2. The van der Waals surface area contributed by atoms with E-state index in [1.165, 1.54) is 11.0 Å². The standard InChI is InChI=1S/C12H15N7O2/c20-9-3-7-1-2-8(4-9)19(7)12(21)10-5-11(15-14-10)18-6-13-16-17-18/h5-9,20H,1-4H2,(H,14,15)/t7-,8+,9?. The molecular weight excluding hydrogens is 274 g/mol. The second-order valence-corrected chi connectivity index (χ2v) is 5.62. The Hall–Kier alpha value is -2.29. The SMILES string of the molecule is O=C(c1cc(-n2cnnn2)n[nH]1)N1[C@@H]2CC[C@H]1CC(O)C2. The van der Waals surface area contributed by atoms with E-state index in [1.807, 2.05) is 4.90 Å². The number of carbonyl (C=O) groups is 1. The number of tetrazole rings is 1. The Morgan fingerprint density at radius 2 is 2.10 bits per heavy atom. The van der Waals surface area contributed by atoms with Gasteiger partial charge in [0.1, 0.15) is 12.0 Å². The molecule has 0 saturated carbocycles. The van der Waals surface area contributed by atoms with E-state index in [0.29, 0.717) is 24.4 Å². The summed E-state index contributed by atoms with van der Waals surface area (Å²) in [6.45, 7) is 0. The van der Waals surface area contributed by atoms with E-state index in [-0.39, 0.29) is 24.1 Å². The number of aromatic nitrogens is 6. The van der Waals surface area contributed by atoms with E-state index < -0.39 is 0 Å². The first kappa shape index (κ1) is 12.5. The number of rotatable bonds is 2. The number of nitrogens with zero attached hydrogens (tertiary/aromatic N) is 6. The number of aliphatic hydroxyl groups is 1. The van der Waals surface area contributed by atoms with Crippen molar-refractivity contribution in [3.63, 3.8) is 0 Å². The van der Waals surface area contributed by atoms with E-state index >= 15 is 0 Å². The summed E-state index contributed by atoms with van der Waals surface area (Å²) in [6.07, 6.45) is 4.38. The van der Waals surface area contributed by atoms with Crippen LogP contribution in [0, 0.1) is 0 Å². The quantitative estimate of drug-likeness (QED) is 0.771. The first-order valence-corrected chi connectivity index (χ1v) is 7.02. The summed E-state index contributed by atoms with van der Waals surface area (Å²) in [5.74, 6) is 0.411. The number of amides is 1. The molecule has 0 radical (unpaired) electrons. The topological polar surface area (TPSA) is 113 Å². The third-order valence-electron chi connectivity index (χ3n) is 4.32. The smallest absolute Gasteiger partial charge is 0.272 e. The highest BCUT2D eigenvalue weighted by Gasteiger charge is 2.43. The van der Waals surface area contributed by atoms with Crippen molar-refractivity contribution >= 4 is 5.91 Å². The fraction of sp³-hybridized carbons (Fsp3) is 0.583. The average Bonchev–Trinajstić information content (AvgIpc) is 3.17. The van der Waals surface area contributed by atoms with Gasteiger partial charge in [-0.1, -0.05) is 0 Å². The van der Waals surface area contributed by atoms with Gasteiger partial charge >= 0.3 is 0 Å². The third-order valence-corrected chi connectivity index (χ3v) is 4.32. The van der Waals surface area contributed by atoms with Crippen molar-refractivity contribution in [1.29, 1.82) is 0 Å². The Labute approximate surface area is 119 Å². The molecule has 2 aliphatic rings. The van der Waals surface area contributed by atoms with Crippen LogP contribution < -0.4 is 0 Å². The average molecular weight is 289 g/mol. The van der Waals surface area contributed by atoms with Gasteiger partial charge in [-0.3, -0.25) is 9.89 Å². The van der Waals surface area contributed by atoms with E-state index in [9.17, 15) is 9.90 Å². The lowest BCUT2D eigenvalue weighted by molar-refractivity contribution is 0.0282. The number of H-pyrrole nitrogens is 1. The highest BCUT2D eigenvalue weighted by Crippen LogP contribution is 2.36. The fourth-order valence-electron chi connectivity index (χ4n) is 3.42. The molecule has 0 aliphatic carbocycles. The molecule has 21 heavy (non-hydrogen) atoms. The molecular formula is C12H15N7O2. The monoisotopic (exact) mass is 289 g/mol. The Kier molecular flexibility index (Phi) is 2.74. The van der Waals surface area contributed by atoms with Gasteiger partial charge in [0.2, 0.25) is 0 Å². The zero-order valence-corrected chi connectivity index (χ0v) is 11.3. The molecule has 0 aromatic carbocycles. The molecule has 3 atom stereocenters. The normalized spacial score (nSPS) is 28.0. The lowest BCUT2D eigenvalue weighted by Gasteiger charge is -2.36. The molecule has 1 amide bonds. The number of nitrogens with one attached hydrogen (secondary N) is 1. The molecule has 9 nitrogen and oxygen atoms in total. The van der Waals surface area contributed by atoms with Gasteiger partial charge in [-0.05, 0) is 36.1 Å². The van der Waals surface area contributed by atoms with Crippen LogP contribution in [0.1, 0.15) is 36.2 Å². The maximum atomic E-state index is 12.7. The molecule has 2 aromatic heterocycles. The molecule has 2 aliphatic heterocycles. The van der Waals surface area contributed by atoms with E-state index in [0.717, 1.165) is 12.8 Å². The Bertz CT molecular complexity index is 638. The van der Waals surface area contributed by atoms with Crippen LogP contribution in [0.25, 0.3) is 5.82 Å². The van der Waals surface area contributed by atoms with Gasteiger partial charge in [-0.25, -0.2) is 0 Å².